The van der Waals surface area contributed by atoms with Gasteiger partial charge >= 0.3 is 0 Å². The van der Waals surface area contributed by atoms with Gasteiger partial charge in [-0.25, -0.2) is 9.97 Å². The molecule has 3 rings (SSSR count). The summed E-state index contributed by atoms with van der Waals surface area (Å²) in [4.78, 5) is 12.2. The van der Waals surface area contributed by atoms with Crippen molar-refractivity contribution in [2.75, 3.05) is 6.54 Å². The number of hydrogen-bond acceptors (Lipinski definition) is 3. The molecule has 2 heterocycles. The Morgan fingerprint density at radius 1 is 1.29 bits per heavy atom. The molecule has 1 aliphatic carbocycles. The molecule has 2 aromatic rings. The molecule has 1 aliphatic rings. The maximum atomic E-state index is 5.72. The maximum absolute atomic E-state index is 5.72. The van der Waals surface area contributed by atoms with Crippen molar-refractivity contribution >= 4 is 11.2 Å². The molecule has 0 saturated heterocycles. The fourth-order valence-electron chi connectivity index (χ4n) is 2.73. The summed E-state index contributed by atoms with van der Waals surface area (Å²) in [7, 11) is 0. The van der Waals surface area contributed by atoms with Crippen molar-refractivity contribution in [3.8, 4) is 0 Å². The first-order valence-electron chi connectivity index (χ1n) is 6.37. The predicted octanol–water partition coefficient (Wildman–Crippen LogP) is 2.19. The van der Waals surface area contributed by atoms with E-state index in [1.54, 1.807) is 6.20 Å². The van der Waals surface area contributed by atoms with Crippen molar-refractivity contribution in [1.29, 1.82) is 0 Å². The number of hydrogen-bond donors (Lipinski definition) is 2. The van der Waals surface area contributed by atoms with Crippen LogP contribution >= 0.6 is 0 Å². The van der Waals surface area contributed by atoms with Crippen LogP contribution in [0.1, 0.15) is 37.4 Å². The van der Waals surface area contributed by atoms with E-state index in [9.17, 15) is 0 Å². The van der Waals surface area contributed by atoms with Gasteiger partial charge in [0.2, 0.25) is 0 Å². The quantitative estimate of drug-likeness (QED) is 0.831. The summed E-state index contributed by atoms with van der Waals surface area (Å²) in [6.45, 7) is 0.828. The molecule has 0 amide bonds. The molecule has 0 aromatic carbocycles. The van der Waals surface area contributed by atoms with E-state index in [4.69, 9.17) is 5.73 Å². The number of nitrogens with two attached hydrogens (primary N) is 1. The number of imidazole rings is 1. The van der Waals surface area contributed by atoms with Crippen LogP contribution in [0.15, 0.2) is 18.3 Å². The highest BCUT2D eigenvalue weighted by atomic mass is 15.0. The summed E-state index contributed by atoms with van der Waals surface area (Å²) in [5, 5.41) is 0. The molecule has 1 fully saturated rings. The summed E-state index contributed by atoms with van der Waals surface area (Å²) in [6.07, 6.45) is 6.64. The molecule has 0 spiro atoms. The molecule has 0 atom stereocenters. The highest BCUT2D eigenvalue weighted by Gasteiger charge is 2.23. The molecular weight excluding hydrogens is 212 g/mol. The number of fused-ring (bicyclic) bond motifs is 1. The Hall–Kier alpha value is -1.42. The van der Waals surface area contributed by atoms with E-state index in [1.165, 1.54) is 25.7 Å². The van der Waals surface area contributed by atoms with E-state index in [-0.39, 0.29) is 0 Å². The molecule has 90 valence electrons. The second kappa shape index (κ2) is 4.45. The van der Waals surface area contributed by atoms with Gasteiger partial charge in [0.05, 0.1) is 5.52 Å². The molecule has 0 aliphatic heterocycles. The normalized spacial score (nSPS) is 25.2. The predicted molar refractivity (Wildman–Crippen MR) is 67.6 cm³/mol. The second-order valence-electron chi connectivity index (χ2n) is 4.95. The first-order chi connectivity index (χ1) is 8.36. The monoisotopic (exact) mass is 230 g/mol. The SMILES string of the molecule is NCC1CCC(c2nc3ncccc3[nH]2)CC1. The topological polar surface area (TPSA) is 67.6 Å². The van der Waals surface area contributed by atoms with Crippen LogP contribution in [-0.2, 0) is 0 Å². The fourth-order valence-corrected chi connectivity index (χ4v) is 2.73. The lowest BCUT2D eigenvalue weighted by molar-refractivity contribution is 0.326. The van der Waals surface area contributed by atoms with Crippen LogP contribution < -0.4 is 5.73 Å². The fraction of sp³-hybridized carbons (Fsp3) is 0.538. The standard InChI is InChI=1S/C13H18N4/c14-8-9-3-5-10(6-4-9)12-16-11-2-1-7-15-13(11)17-12/h1-2,7,9-10H,3-6,8,14H2,(H,15,16,17). The number of nitrogens with one attached hydrogen (secondary N) is 1. The zero-order valence-electron chi connectivity index (χ0n) is 9.89. The smallest absolute Gasteiger partial charge is 0.177 e. The van der Waals surface area contributed by atoms with Crippen LogP contribution in [0.3, 0.4) is 0 Å². The Morgan fingerprint density at radius 3 is 2.82 bits per heavy atom. The molecule has 4 nitrogen and oxygen atoms in total. The Labute approximate surface area is 101 Å². The second-order valence-corrected chi connectivity index (χ2v) is 4.95. The summed E-state index contributed by atoms with van der Waals surface area (Å²) in [5.74, 6) is 2.38. The number of H-pyrrole nitrogens is 1. The van der Waals surface area contributed by atoms with E-state index >= 15 is 0 Å². The van der Waals surface area contributed by atoms with Gasteiger partial charge in [0, 0.05) is 12.1 Å². The molecule has 2 aromatic heterocycles. The van der Waals surface area contributed by atoms with Gasteiger partial charge < -0.3 is 10.7 Å². The average Bonchev–Trinajstić information content (AvgIpc) is 2.82. The van der Waals surface area contributed by atoms with Gasteiger partial charge in [-0.3, -0.25) is 0 Å². The lowest BCUT2D eigenvalue weighted by Gasteiger charge is -2.26. The molecule has 4 heteroatoms. The highest BCUT2D eigenvalue weighted by Crippen LogP contribution is 2.34. The number of aromatic amines is 1. The Balaban J connectivity index is 1.80. The van der Waals surface area contributed by atoms with E-state index < -0.39 is 0 Å². The molecule has 0 bridgehead atoms. The third kappa shape index (κ3) is 2.05. The van der Waals surface area contributed by atoms with Crippen LogP contribution in [0.5, 0.6) is 0 Å². The van der Waals surface area contributed by atoms with E-state index in [2.05, 4.69) is 15.0 Å². The summed E-state index contributed by atoms with van der Waals surface area (Å²) >= 11 is 0. The Kier molecular flexibility index (Phi) is 2.81. The number of rotatable bonds is 2. The minimum atomic E-state index is 0.562. The number of pyridine rings is 1. The molecule has 1 saturated carbocycles. The van der Waals surface area contributed by atoms with Gasteiger partial charge in [0.25, 0.3) is 0 Å². The molecule has 17 heavy (non-hydrogen) atoms. The van der Waals surface area contributed by atoms with E-state index in [1.807, 2.05) is 12.1 Å². The minimum absolute atomic E-state index is 0.562. The van der Waals surface area contributed by atoms with Crippen LogP contribution in [0, 0.1) is 5.92 Å². The van der Waals surface area contributed by atoms with Crippen molar-refractivity contribution < 1.29 is 0 Å². The van der Waals surface area contributed by atoms with E-state index in [0.29, 0.717) is 11.8 Å². The van der Waals surface area contributed by atoms with Gasteiger partial charge in [-0.1, -0.05) is 0 Å². The number of aromatic nitrogens is 3. The lowest BCUT2D eigenvalue weighted by atomic mass is 9.82. The Morgan fingerprint density at radius 2 is 2.12 bits per heavy atom. The van der Waals surface area contributed by atoms with Gasteiger partial charge in [0.15, 0.2) is 5.65 Å². The molecule has 3 N–H and O–H groups in total. The van der Waals surface area contributed by atoms with Gasteiger partial charge in [-0.2, -0.15) is 0 Å². The third-order valence-electron chi connectivity index (χ3n) is 3.84. The van der Waals surface area contributed by atoms with Gasteiger partial charge in [0.1, 0.15) is 5.82 Å². The lowest BCUT2D eigenvalue weighted by Crippen LogP contribution is -2.21. The van der Waals surface area contributed by atoms with E-state index in [0.717, 1.165) is 23.5 Å². The van der Waals surface area contributed by atoms with Crippen molar-refractivity contribution in [2.24, 2.45) is 11.7 Å². The minimum Gasteiger partial charge on any atom is -0.340 e. The maximum Gasteiger partial charge on any atom is 0.177 e. The number of nitrogens with zero attached hydrogens (tertiary/aromatic N) is 2. The van der Waals surface area contributed by atoms with Crippen LogP contribution in [0.4, 0.5) is 0 Å². The van der Waals surface area contributed by atoms with Crippen LogP contribution in [-0.4, -0.2) is 21.5 Å². The summed E-state index contributed by atoms with van der Waals surface area (Å²) in [6, 6.07) is 3.97. The van der Waals surface area contributed by atoms with Crippen molar-refractivity contribution in [2.45, 2.75) is 31.6 Å². The average molecular weight is 230 g/mol. The summed E-state index contributed by atoms with van der Waals surface area (Å²) in [5.41, 5.74) is 7.60. The molecule has 0 radical (unpaired) electrons. The zero-order chi connectivity index (χ0) is 11.7. The van der Waals surface area contributed by atoms with Crippen molar-refractivity contribution in [3.63, 3.8) is 0 Å². The van der Waals surface area contributed by atoms with Crippen LogP contribution in [0.25, 0.3) is 11.2 Å². The van der Waals surface area contributed by atoms with Crippen molar-refractivity contribution in [1.82, 2.24) is 15.0 Å². The van der Waals surface area contributed by atoms with Gasteiger partial charge in [-0.15, -0.1) is 0 Å². The van der Waals surface area contributed by atoms with Crippen molar-refractivity contribution in [3.05, 3.63) is 24.2 Å². The molecule has 0 unspecified atom stereocenters. The van der Waals surface area contributed by atoms with Gasteiger partial charge in [-0.05, 0) is 50.3 Å². The van der Waals surface area contributed by atoms with Crippen LogP contribution in [0.2, 0.25) is 0 Å². The first kappa shape index (κ1) is 10.7. The third-order valence-corrected chi connectivity index (χ3v) is 3.84. The molecular formula is C13H18N4. The highest BCUT2D eigenvalue weighted by molar-refractivity contribution is 5.70. The summed E-state index contributed by atoms with van der Waals surface area (Å²) < 4.78 is 0. The Bertz CT molecular complexity index is 464. The first-order valence-corrected chi connectivity index (χ1v) is 6.37. The largest absolute Gasteiger partial charge is 0.340 e. The zero-order valence-corrected chi connectivity index (χ0v) is 9.89.